The van der Waals surface area contributed by atoms with E-state index in [0.717, 1.165) is 6.42 Å². The molecule has 1 heteroatoms. The van der Waals surface area contributed by atoms with Crippen molar-refractivity contribution in [3.63, 3.8) is 0 Å². The predicted octanol–water partition coefficient (Wildman–Crippen LogP) is 4.49. The Morgan fingerprint density at radius 3 is 2.86 bits per heavy atom. The molecule has 2 aromatic carbocycles. The van der Waals surface area contributed by atoms with E-state index in [2.05, 4.69) is 61.6 Å². The van der Waals surface area contributed by atoms with Crippen molar-refractivity contribution in [1.29, 1.82) is 0 Å². The predicted molar refractivity (Wildman–Crippen MR) is 87.5 cm³/mol. The molecule has 0 saturated heterocycles. The molecule has 4 rings (SSSR count). The third kappa shape index (κ3) is 1.87. The zero-order chi connectivity index (χ0) is 14.4. The average Bonchev–Trinajstić information content (AvgIpc) is 2.76. The molecule has 1 N–H and O–H groups in total. The first kappa shape index (κ1) is 13.1. The lowest BCUT2D eigenvalue weighted by Crippen LogP contribution is -2.41. The molecule has 0 amide bonds. The van der Waals surface area contributed by atoms with Crippen LogP contribution in [0.4, 0.5) is 0 Å². The van der Waals surface area contributed by atoms with Gasteiger partial charge in [0.2, 0.25) is 0 Å². The van der Waals surface area contributed by atoms with E-state index in [1.807, 2.05) is 0 Å². The van der Waals surface area contributed by atoms with E-state index in [0.29, 0.717) is 6.04 Å². The first-order valence-electron chi connectivity index (χ1n) is 8.22. The molecule has 108 valence electrons. The van der Waals surface area contributed by atoms with Gasteiger partial charge in [0.15, 0.2) is 0 Å². The Hall–Kier alpha value is -1.60. The zero-order valence-corrected chi connectivity index (χ0v) is 12.9. The first-order chi connectivity index (χ1) is 10.2. The van der Waals surface area contributed by atoms with Gasteiger partial charge in [-0.1, -0.05) is 55.8 Å². The molecule has 0 saturated carbocycles. The Morgan fingerprint density at radius 2 is 2.00 bits per heavy atom. The highest BCUT2D eigenvalue weighted by Gasteiger charge is 2.45. The number of nitrogens with one attached hydrogen (secondary N) is 1. The van der Waals surface area contributed by atoms with Crippen molar-refractivity contribution >= 4 is 0 Å². The molecule has 0 fully saturated rings. The third-order valence-corrected chi connectivity index (χ3v) is 5.29. The summed E-state index contributed by atoms with van der Waals surface area (Å²) in [5.41, 5.74) is 7.47. The molecule has 2 aromatic rings. The van der Waals surface area contributed by atoms with E-state index in [1.54, 1.807) is 0 Å². The molecule has 0 radical (unpaired) electrons. The summed E-state index contributed by atoms with van der Waals surface area (Å²) in [4.78, 5) is 0. The largest absolute Gasteiger partial charge is 0.297 e. The van der Waals surface area contributed by atoms with Crippen LogP contribution in [0.15, 0.2) is 42.5 Å². The quantitative estimate of drug-likeness (QED) is 0.871. The monoisotopic (exact) mass is 277 g/mol. The Morgan fingerprint density at radius 1 is 1.14 bits per heavy atom. The number of rotatable bonds is 3. The minimum atomic E-state index is -0.00291. The van der Waals surface area contributed by atoms with Gasteiger partial charge in [-0.3, -0.25) is 5.32 Å². The second-order valence-corrected chi connectivity index (χ2v) is 6.71. The maximum absolute atomic E-state index is 3.87. The normalized spacial score (nSPS) is 25.5. The van der Waals surface area contributed by atoms with Crippen molar-refractivity contribution in [3.8, 4) is 0 Å². The molecule has 0 spiro atoms. The van der Waals surface area contributed by atoms with Crippen LogP contribution in [0.25, 0.3) is 0 Å². The van der Waals surface area contributed by atoms with Crippen LogP contribution in [0.1, 0.15) is 60.5 Å². The van der Waals surface area contributed by atoms with Gasteiger partial charge in [-0.2, -0.15) is 0 Å². The maximum atomic E-state index is 3.87. The van der Waals surface area contributed by atoms with E-state index in [9.17, 15) is 0 Å². The lowest BCUT2D eigenvalue weighted by atomic mass is 9.81. The molecule has 0 aliphatic carbocycles. The van der Waals surface area contributed by atoms with Crippen LogP contribution < -0.4 is 5.32 Å². The number of hydrogen-bond acceptors (Lipinski definition) is 1. The summed E-state index contributed by atoms with van der Waals surface area (Å²) >= 11 is 0. The van der Waals surface area contributed by atoms with Crippen LogP contribution in [0.2, 0.25) is 0 Å². The van der Waals surface area contributed by atoms with Crippen molar-refractivity contribution in [2.75, 3.05) is 0 Å². The molecule has 1 nitrogen and oxygen atoms in total. The van der Waals surface area contributed by atoms with Crippen LogP contribution in [0.3, 0.4) is 0 Å². The van der Waals surface area contributed by atoms with E-state index < -0.39 is 0 Å². The summed E-state index contributed by atoms with van der Waals surface area (Å²) in [6.45, 7) is 4.62. The third-order valence-electron chi connectivity index (χ3n) is 5.29. The van der Waals surface area contributed by atoms with E-state index >= 15 is 0 Å². The van der Waals surface area contributed by atoms with Crippen LogP contribution >= 0.6 is 0 Å². The molecule has 2 aliphatic heterocycles. The second kappa shape index (κ2) is 4.71. The van der Waals surface area contributed by atoms with Crippen LogP contribution in [0, 0.1) is 0 Å². The summed E-state index contributed by atoms with van der Waals surface area (Å²) in [7, 11) is 0. The summed E-state index contributed by atoms with van der Waals surface area (Å²) < 4.78 is 0. The summed E-state index contributed by atoms with van der Waals surface area (Å²) in [5.74, 6) is 0. The first-order valence-corrected chi connectivity index (χ1v) is 8.22. The fraction of sp³-hybridized carbons (Fsp3) is 0.400. The number of aryl methyl sites for hydroxylation is 1. The molecule has 2 heterocycles. The highest BCUT2D eigenvalue weighted by atomic mass is 15.1. The van der Waals surface area contributed by atoms with Crippen molar-refractivity contribution in [3.05, 3.63) is 70.3 Å². The van der Waals surface area contributed by atoms with E-state index in [4.69, 9.17) is 0 Å². The highest BCUT2D eigenvalue weighted by molar-refractivity contribution is 5.55. The average molecular weight is 277 g/mol. The van der Waals surface area contributed by atoms with Crippen molar-refractivity contribution < 1.29 is 0 Å². The van der Waals surface area contributed by atoms with Gasteiger partial charge in [-0.25, -0.2) is 0 Å². The summed E-state index contributed by atoms with van der Waals surface area (Å²) in [6.07, 6.45) is 4.86. The Balaban J connectivity index is 1.83. The number of unbranched alkanes of at least 4 members (excludes halogenated alkanes) is 1. The van der Waals surface area contributed by atoms with E-state index in [-0.39, 0.29) is 5.54 Å². The molecule has 2 atom stereocenters. The van der Waals surface area contributed by atoms with Crippen molar-refractivity contribution in [1.82, 2.24) is 5.32 Å². The van der Waals surface area contributed by atoms with Gasteiger partial charge in [0, 0.05) is 6.04 Å². The second-order valence-electron chi connectivity index (χ2n) is 6.71. The van der Waals surface area contributed by atoms with Gasteiger partial charge in [0.1, 0.15) is 0 Å². The zero-order valence-electron chi connectivity index (χ0n) is 12.9. The molecular weight excluding hydrogens is 254 g/mol. The Labute approximate surface area is 127 Å². The van der Waals surface area contributed by atoms with Crippen molar-refractivity contribution in [2.45, 2.75) is 51.1 Å². The SMILES string of the molecule is CCCCc1ccc2c(c1)C1(C)NC(C2)c2ccccc21. The van der Waals surface area contributed by atoms with Gasteiger partial charge >= 0.3 is 0 Å². The Bertz CT molecular complexity index is 688. The van der Waals surface area contributed by atoms with Crippen LogP contribution in [-0.4, -0.2) is 0 Å². The van der Waals surface area contributed by atoms with Gasteiger partial charge in [0.25, 0.3) is 0 Å². The maximum Gasteiger partial charge on any atom is 0.0672 e. The molecule has 2 bridgehead atoms. The molecule has 0 aromatic heterocycles. The number of hydrogen-bond donors (Lipinski definition) is 1. The topological polar surface area (TPSA) is 12.0 Å². The smallest absolute Gasteiger partial charge is 0.0672 e. The molecule has 2 unspecified atom stereocenters. The fourth-order valence-electron chi connectivity index (χ4n) is 4.17. The number of fused-ring (bicyclic) bond motifs is 7. The lowest BCUT2D eigenvalue weighted by Gasteiger charge is -2.35. The highest BCUT2D eigenvalue weighted by Crippen LogP contribution is 2.48. The fourth-order valence-corrected chi connectivity index (χ4v) is 4.17. The van der Waals surface area contributed by atoms with Crippen molar-refractivity contribution in [2.24, 2.45) is 0 Å². The Kier molecular flexibility index (Phi) is 2.93. The lowest BCUT2D eigenvalue weighted by molar-refractivity contribution is 0.388. The standard InChI is InChI=1S/C20H23N/c1-3-4-7-14-10-11-15-13-19-16-8-5-6-9-17(16)20(2,21-19)18(15)12-14/h5-6,8-12,19,21H,3-4,7,13H2,1-2H3. The summed E-state index contributed by atoms with van der Waals surface area (Å²) in [6, 6.07) is 16.6. The van der Waals surface area contributed by atoms with Crippen LogP contribution in [-0.2, 0) is 18.4 Å². The van der Waals surface area contributed by atoms with Gasteiger partial charge in [-0.05, 0) is 54.0 Å². The molecule has 21 heavy (non-hydrogen) atoms. The van der Waals surface area contributed by atoms with Crippen LogP contribution in [0.5, 0.6) is 0 Å². The van der Waals surface area contributed by atoms with Gasteiger partial charge < -0.3 is 0 Å². The minimum absolute atomic E-state index is 0.00291. The van der Waals surface area contributed by atoms with Gasteiger partial charge in [-0.15, -0.1) is 0 Å². The summed E-state index contributed by atoms with van der Waals surface area (Å²) in [5, 5.41) is 3.87. The number of benzene rings is 2. The van der Waals surface area contributed by atoms with E-state index in [1.165, 1.54) is 47.1 Å². The minimum Gasteiger partial charge on any atom is -0.297 e. The van der Waals surface area contributed by atoms with Gasteiger partial charge in [0.05, 0.1) is 5.54 Å². The molecule has 2 aliphatic rings. The molecular formula is C20H23N.